The van der Waals surface area contributed by atoms with Crippen molar-refractivity contribution in [1.82, 2.24) is 0 Å². The first-order valence-electron chi connectivity index (χ1n) is 6.20. The number of rotatable bonds is 5. The molecule has 0 bridgehead atoms. The van der Waals surface area contributed by atoms with Crippen LogP contribution in [0.1, 0.15) is 22.3 Å². The zero-order valence-corrected chi connectivity index (χ0v) is 11.8. The highest BCUT2D eigenvalue weighted by Crippen LogP contribution is 2.17. The van der Waals surface area contributed by atoms with Crippen LogP contribution in [0.3, 0.4) is 0 Å². The molecule has 0 N–H and O–H groups in total. The molecule has 0 saturated carbocycles. The summed E-state index contributed by atoms with van der Waals surface area (Å²) in [6.45, 7) is 0. The zero-order chi connectivity index (χ0) is 14.5. The molecule has 0 aliphatic heterocycles. The SMILES string of the molecule is CSc1ccc(CCC(=O)c2cc(F)cc(F)c2)cc1. The summed E-state index contributed by atoms with van der Waals surface area (Å²) in [5.74, 6) is -1.70. The molecule has 1 nitrogen and oxygen atoms in total. The Morgan fingerprint density at radius 1 is 1.05 bits per heavy atom. The Hall–Kier alpha value is -1.68. The van der Waals surface area contributed by atoms with Crippen LogP contribution in [0.2, 0.25) is 0 Å². The van der Waals surface area contributed by atoms with Gasteiger partial charge in [-0.15, -0.1) is 11.8 Å². The van der Waals surface area contributed by atoms with Crippen LogP contribution in [0, 0.1) is 11.6 Å². The van der Waals surface area contributed by atoms with Crippen molar-refractivity contribution in [2.75, 3.05) is 6.26 Å². The monoisotopic (exact) mass is 292 g/mol. The van der Waals surface area contributed by atoms with Gasteiger partial charge in [-0.1, -0.05) is 12.1 Å². The number of carbonyl (C=O) groups is 1. The van der Waals surface area contributed by atoms with E-state index < -0.39 is 11.6 Å². The van der Waals surface area contributed by atoms with Gasteiger partial charge in [0.2, 0.25) is 0 Å². The molecule has 2 rings (SSSR count). The summed E-state index contributed by atoms with van der Waals surface area (Å²) in [4.78, 5) is 13.1. The minimum atomic E-state index is -0.724. The van der Waals surface area contributed by atoms with E-state index in [4.69, 9.17) is 0 Å². The fourth-order valence-electron chi connectivity index (χ4n) is 1.91. The lowest BCUT2D eigenvalue weighted by molar-refractivity contribution is 0.0982. The first-order valence-corrected chi connectivity index (χ1v) is 7.43. The quantitative estimate of drug-likeness (QED) is 0.596. The van der Waals surface area contributed by atoms with Crippen molar-refractivity contribution >= 4 is 17.5 Å². The minimum Gasteiger partial charge on any atom is -0.294 e. The van der Waals surface area contributed by atoms with Crippen LogP contribution in [0.25, 0.3) is 0 Å². The van der Waals surface area contributed by atoms with E-state index >= 15 is 0 Å². The van der Waals surface area contributed by atoms with Gasteiger partial charge in [-0.3, -0.25) is 4.79 Å². The second-order valence-electron chi connectivity index (χ2n) is 4.43. The molecule has 0 radical (unpaired) electrons. The number of aryl methyl sites for hydroxylation is 1. The second-order valence-corrected chi connectivity index (χ2v) is 5.31. The summed E-state index contributed by atoms with van der Waals surface area (Å²) in [5, 5.41) is 0. The van der Waals surface area contributed by atoms with Gasteiger partial charge in [-0.2, -0.15) is 0 Å². The molecule has 0 amide bonds. The van der Waals surface area contributed by atoms with Gasteiger partial charge >= 0.3 is 0 Å². The first-order chi connectivity index (χ1) is 9.58. The van der Waals surface area contributed by atoms with Crippen molar-refractivity contribution in [3.8, 4) is 0 Å². The standard InChI is InChI=1S/C16H14F2OS/c1-20-15-5-2-11(3-6-15)4-7-16(19)12-8-13(17)10-14(18)9-12/h2-3,5-6,8-10H,4,7H2,1H3. The van der Waals surface area contributed by atoms with Crippen molar-refractivity contribution in [3.63, 3.8) is 0 Å². The van der Waals surface area contributed by atoms with Gasteiger partial charge in [0.1, 0.15) is 11.6 Å². The Labute approximate surface area is 121 Å². The van der Waals surface area contributed by atoms with Crippen LogP contribution in [0.15, 0.2) is 47.4 Å². The lowest BCUT2D eigenvalue weighted by atomic mass is 10.0. The van der Waals surface area contributed by atoms with E-state index in [1.165, 1.54) is 0 Å². The Morgan fingerprint density at radius 3 is 2.20 bits per heavy atom. The molecule has 0 saturated heterocycles. The van der Waals surface area contributed by atoms with Gasteiger partial charge in [-0.25, -0.2) is 8.78 Å². The fraction of sp³-hybridized carbons (Fsp3) is 0.188. The lowest BCUT2D eigenvalue weighted by Crippen LogP contribution is -2.02. The highest BCUT2D eigenvalue weighted by atomic mass is 32.2. The molecule has 0 aliphatic rings. The van der Waals surface area contributed by atoms with E-state index in [1.54, 1.807) is 11.8 Å². The molecule has 4 heteroatoms. The molecule has 2 aromatic rings. The molecule has 0 spiro atoms. The van der Waals surface area contributed by atoms with Crippen molar-refractivity contribution in [3.05, 3.63) is 65.2 Å². The summed E-state index contributed by atoms with van der Waals surface area (Å²) in [6, 6.07) is 10.8. The third-order valence-corrected chi connectivity index (χ3v) is 3.73. The Morgan fingerprint density at radius 2 is 1.65 bits per heavy atom. The largest absolute Gasteiger partial charge is 0.294 e. The second kappa shape index (κ2) is 6.66. The summed E-state index contributed by atoms with van der Waals surface area (Å²) in [5.41, 5.74) is 1.12. The van der Waals surface area contributed by atoms with Gasteiger partial charge < -0.3 is 0 Å². The molecule has 0 atom stereocenters. The van der Waals surface area contributed by atoms with Gasteiger partial charge in [-0.05, 0) is 42.5 Å². The third kappa shape index (κ3) is 3.90. The van der Waals surface area contributed by atoms with Crippen molar-refractivity contribution < 1.29 is 13.6 Å². The number of hydrogen-bond donors (Lipinski definition) is 0. The van der Waals surface area contributed by atoms with E-state index in [0.717, 1.165) is 28.7 Å². The first kappa shape index (κ1) is 14.7. The fourth-order valence-corrected chi connectivity index (χ4v) is 2.32. The van der Waals surface area contributed by atoms with Crippen LogP contribution >= 0.6 is 11.8 Å². The summed E-state index contributed by atoms with van der Waals surface area (Å²) in [7, 11) is 0. The number of carbonyl (C=O) groups excluding carboxylic acids is 1. The van der Waals surface area contributed by atoms with E-state index in [1.807, 2.05) is 30.5 Å². The van der Waals surface area contributed by atoms with Gasteiger partial charge in [0.15, 0.2) is 5.78 Å². The Balaban J connectivity index is 2.00. The molecule has 2 aromatic carbocycles. The molecule has 0 aromatic heterocycles. The summed E-state index contributed by atoms with van der Waals surface area (Å²) >= 11 is 1.65. The molecule has 0 heterocycles. The van der Waals surface area contributed by atoms with Crippen molar-refractivity contribution in [2.24, 2.45) is 0 Å². The molecule has 104 valence electrons. The lowest BCUT2D eigenvalue weighted by Gasteiger charge is -2.04. The third-order valence-electron chi connectivity index (χ3n) is 2.98. The average molecular weight is 292 g/mol. The van der Waals surface area contributed by atoms with Gasteiger partial charge in [0.25, 0.3) is 0 Å². The van der Waals surface area contributed by atoms with Crippen molar-refractivity contribution in [1.29, 1.82) is 0 Å². The number of thioether (sulfide) groups is 1. The molecular weight excluding hydrogens is 278 g/mol. The number of halogens is 2. The van der Waals surface area contributed by atoms with E-state index in [2.05, 4.69) is 0 Å². The summed E-state index contributed by atoms with van der Waals surface area (Å²) < 4.78 is 26.1. The maximum absolute atomic E-state index is 13.0. The van der Waals surface area contributed by atoms with Crippen LogP contribution in [-0.2, 0) is 6.42 Å². The number of Topliss-reactive ketones (excluding diaryl/α,β-unsaturated/α-hetero) is 1. The van der Waals surface area contributed by atoms with Crippen LogP contribution < -0.4 is 0 Å². The number of hydrogen-bond acceptors (Lipinski definition) is 2. The Kier molecular flexibility index (Phi) is 4.90. The zero-order valence-electron chi connectivity index (χ0n) is 11.0. The average Bonchev–Trinajstić information content (AvgIpc) is 2.44. The predicted octanol–water partition coefficient (Wildman–Crippen LogP) is 4.50. The Bertz CT molecular complexity index is 588. The van der Waals surface area contributed by atoms with Gasteiger partial charge in [0, 0.05) is 22.9 Å². The molecule has 20 heavy (non-hydrogen) atoms. The molecule has 0 fully saturated rings. The number of ketones is 1. The molecule has 0 aliphatic carbocycles. The predicted molar refractivity (Wildman–Crippen MR) is 77.2 cm³/mol. The summed E-state index contributed by atoms with van der Waals surface area (Å²) in [6.07, 6.45) is 2.80. The van der Waals surface area contributed by atoms with Crippen molar-refractivity contribution in [2.45, 2.75) is 17.7 Å². The molecule has 0 unspecified atom stereocenters. The van der Waals surface area contributed by atoms with E-state index in [9.17, 15) is 13.6 Å². The van der Waals surface area contributed by atoms with Crippen LogP contribution in [-0.4, -0.2) is 12.0 Å². The normalized spacial score (nSPS) is 10.6. The topological polar surface area (TPSA) is 17.1 Å². The highest BCUT2D eigenvalue weighted by molar-refractivity contribution is 7.98. The van der Waals surface area contributed by atoms with E-state index in [-0.39, 0.29) is 17.8 Å². The van der Waals surface area contributed by atoms with Crippen LogP contribution in [0.4, 0.5) is 8.78 Å². The molecular formula is C16H14F2OS. The van der Waals surface area contributed by atoms with E-state index in [0.29, 0.717) is 6.42 Å². The maximum Gasteiger partial charge on any atom is 0.163 e. The van der Waals surface area contributed by atoms with Crippen LogP contribution in [0.5, 0.6) is 0 Å². The highest BCUT2D eigenvalue weighted by Gasteiger charge is 2.09. The smallest absolute Gasteiger partial charge is 0.163 e. The minimum absolute atomic E-state index is 0.0863. The number of benzene rings is 2. The van der Waals surface area contributed by atoms with Gasteiger partial charge in [0.05, 0.1) is 0 Å². The maximum atomic E-state index is 13.0.